The Morgan fingerprint density at radius 2 is 2.19 bits per heavy atom. The first kappa shape index (κ1) is 11.5. The number of anilines is 1. The van der Waals surface area contributed by atoms with Gasteiger partial charge in [0.25, 0.3) is 0 Å². The lowest BCUT2D eigenvalue weighted by Crippen LogP contribution is -2.00. The van der Waals surface area contributed by atoms with Gasteiger partial charge in [-0.15, -0.1) is 11.3 Å². The molecule has 0 aromatic carbocycles. The van der Waals surface area contributed by atoms with E-state index < -0.39 is 0 Å². The Morgan fingerprint density at radius 1 is 1.44 bits per heavy atom. The molecule has 2 heterocycles. The van der Waals surface area contributed by atoms with Crippen LogP contribution >= 0.6 is 22.9 Å². The standard InChI is InChI=1S/C11H14ClN3S/c1-7-5-16-6-10(7)13-4-9-8(2)14-15(3)11(9)12/h5-6,13H,4H2,1-3H3. The topological polar surface area (TPSA) is 29.9 Å². The number of nitrogens with one attached hydrogen (secondary N) is 1. The second kappa shape index (κ2) is 4.47. The maximum absolute atomic E-state index is 6.16. The largest absolute Gasteiger partial charge is 0.380 e. The van der Waals surface area contributed by atoms with Gasteiger partial charge in [-0.25, -0.2) is 0 Å². The minimum Gasteiger partial charge on any atom is -0.380 e. The Bertz CT molecular complexity index is 501. The third-order valence-corrected chi connectivity index (χ3v) is 3.92. The summed E-state index contributed by atoms with van der Waals surface area (Å²) in [5.41, 5.74) is 4.48. The highest BCUT2D eigenvalue weighted by Crippen LogP contribution is 2.23. The Hall–Kier alpha value is -1.00. The van der Waals surface area contributed by atoms with E-state index in [0.29, 0.717) is 5.15 Å². The quantitative estimate of drug-likeness (QED) is 0.912. The van der Waals surface area contributed by atoms with Crippen LogP contribution in [0, 0.1) is 13.8 Å². The van der Waals surface area contributed by atoms with Gasteiger partial charge in [0.05, 0.1) is 5.69 Å². The molecule has 2 rings (SSSR count). The molecule has 0 unspecified atom stereocenters. The molecule has 86 valence electrons. The van der Waals surface area contributed by atoms with Crippen LogP contribution in [0.5, 0.6) is 0 Å². The Balaban J connectivity index is 2.13. The average Bonchev–Trinajstić information content (AvgIpc) is 2.72. The van der Waals surface area contributed by atoms with Crippen molar-refractivity contribution in [2.45, 2.75) is 20.4 Å². The van der Waals surface area contributed by atoms with Gasteiger partial charge in [0.15, 0.2) is 0 Å². The van der Waals surface area contributed by atoms with Crippen molar-refractivity contribution in [2.24, 2.45) is 7.05 Å². The minimum atomic E-state index is 0.706. The van der Waals surface area contributed by atoms with Gasteiger partial charge >= 0.3 is 0 Å². The van der Waals surface area contributed by atoms with Crippen LogP contribution in [0.15, 0.2) is 10.8 Å². The molecule has 0 spiro atoms. The number of nitrogens with zero attached hydrogens (tertiary/aromatic N) is 2. The van der Waals surface area contributed by atoms with E-state index in [1.807, 2.05) is 14.0 Å². The van der Waals surface area contributed by atoms with Gasteiger partial charge in [-0.1, -0.05) is 11.6 Å². The number of rotatable bonds is 3. The zero-order valence-corrected chi connectivity index (χ0v) is 11.1. The van der Waals surface area contributed by atoms with Crippen LogP contribution in [0.3, 0.4) is 0 Å². The molecule has 0 saturated carbocycles. The van der Waals surface area contributed by atoms with Crippen LogP contribution in [0.2, 0.25) is 5.15 Å². The summed E-state index contributed by atoms with van der Waals surface area (Å²) >= 11 is 7.86. The van der Waals surface area contributed by atoms with Crippen molar-refractivity contribution in [3.63, 3.8) is 0 Å². The fourth-order valence-electron chi connectivity index (χ4n) is 1.60. The number of thiophene rings is 1. The molecule has 0 radical (unpaired) electrons. The molecule has 0 aliphatic rings. The van der Waals surface area contributed by atoms with Crippen LogP contribution in [-0.4, -0.2) is 9.78 Å². The van der Waals surface area contributed by atoms with Crippen molar-refractivity contribution in [1.82, 2.24) is 9.78 Å². The summed E-state index contributed by atoms with van der Waals surface area (Å²) < 4.78 is 1.70. The average molecular weight is 256 g/mol. The van der Waals surface area contributed by atoms with E-state index in [1.54, 1.807) is 16.0 Å². The van der Waals surface area contributed by atoms with Gasteiger partial charge in [0.2, 0.25) is 0 Å². The molecule has 0 aliphatic heterocycles. The van der Waals surface area contributed by atoms with Crippen LogP contribution < -0.4 is 5.32 Å². The summed E-state index contributed by atoms with van der Waals surface area (Å²) in [5.74, 6) is 0. The molecular formula is C11H14ClN3S. The third kappa shape index (κ3) is 2.08. The molecular weight excluding hydrogens is 242 g/mol. The normalized spacial score (nSPS) is 10.8. The highest BCUT2D eigenvalue weighted by atomic mass is 35.5. The summed E-state index contributed by atoms with van der Waals surface area (Å²) in [6.45, 7) is 4.79. The fraction of sp³-hybridized carbons (Fsp3) is 0.364. The lowest BCUT2D eigenvalue weighted by molar-refractivity contribution is 0.757. The summed E-state index contributed by atoms with van der Waals surface area (Å²) in [6, 6.07) is 0. The van der Waals surface area contributed by atoms with E-state index in [-0.39, 0.29) is 0 Å². The van der Waals surface area contributed by atoms with Gasteiger partial charge in [0, 0.05) is 30.2 Å². The Labute approximate surface area is 104 Å². The molecule has 0 fully saturated rings. The maximum atomic E-state index is 6.16. The molecule has 3 nitrogen and oxygen atoms in total. The van der Waals surface area contributed by atoms with Gasteiger partial charge in [-0.05, 0) is 24.8 Å². The molecule has 5 heteroatoms. The molecule has 0 bridgehead atoms. The van der Waals surface area contributed by atoms with E-state index in [4.69, 9.17) is 11.6 Å². The van der Waals surface area contributed by atoms with E-state index in [0.717, 1.165) is 17.8 Å². The summed E-state index contributed by atoms with van der Waals surface area (Å²) in [5, 5.41) is 12.6. The predicted octanol–water partition coefficient (Wildman–Crippen LogP) is 3.36. The summed E-state index contributed by atoms with van der Waals surface area (Å²) in [4.78, 5) is 0. The third-order valence-electron chi connectivity index (χ3n) is 2.58. The van der Waals surface area contributed by atoms with Crippen molar-refractivity contribution in [3.8, 4) is 0 Å². The smallest absolute Gasteiger partial charge is 0.131 e. The Morgan fingerprint density at radius 3 is 2.69 bits per heavy atom. The number of aryl methyl sites for hydroxylation is 3. The minimum absolute atomic E-state index is 0.706. The lowest BCUT2D eigenvalue weighted by atomic mass is 10.2. The predicted molar refractivity (Wildman–Crippen MR) is 69.3 cm³/mol. The van der Waals surface area contributed by atoms with Gasteiger partial charge in [-0.3, -0.25) is 4.68 Å². The van der Waals surface area contributed by atoms with E-state index in [9.17, 15) is 0 Å². The van der Waals surface area contributed by atoms with Crippen molar-refractivity contribution in [2.75, 3.05) is 5.32 Å². The van der Waals surface area contributed by atoms with Crippen LogP contribution in [0.25, 0.3) is 0 Å². The SMILES string of the molecule is Cc1cscc1NCc1c(C)nn(C)c1Cl. The first-order valence-corrected chi connectivity index (χ1v) is 6.36. The van der Waals surface area contributed by atoms with E-state index in [1.165, 1.54) is 11.3 Å². The second-order valence-electron chi connectivity index (χ2n) is 3.80. The highest BCUT2D eigenvalue weighted by Gasteiger charge is 2.11. The van der Waals surface area contributed by atoms with Crippen molar-refractivity contribution < 1.29 is 0 Å². The molecule has 1 N–H and O–H groups in total. The highest BCUT2D eigenvalue weighted by molar-refractivity contribution is 7.08. The van der Waals surface area contributed by atoms with Crippen molar-refractivity contribution in [1.29, 1.82) is 0 Å². The van der Waals surface area contributed by atoms with Crippen molar-refractivity contribution >= 4 is 28.6 Å². The van der Waals surface area contributed by atoms with E-state index in [2.05, 4.69) is 28.1 Å². The summed E-state index contributed by atoms with van der Waals surface area (Å²) in [7, 11) is 1.86. The number of hydrogen-bond donors (Lipinski definition) is 1. The molecule has 0 aliphatic carbocycles. The molecule has 0 amide bonds. The van der Waals surface area contributed by atoms with Crippen LogP contribution in [0.1, 0.15) is 16.8 Å². The number of halogens is 1. The first-order chi connectivity index (χ1) is 7.59. The Kier molecular flexibility index (Phi) is 3.21. The van der Waals surface area contributed by atoms with Crippen molar-refractivity contribution in [3.05, 3.63) is 32.7 Å². The monoisotopic (exact) mass is 255 g/mol. The molecule has 0 saturated heterocycles. The van der Waals surface area contributed by atoms with Gasteiger partial charge < -0.3 is 5.32 Å². The summed E-state index contributed by atoms with van der Waals surface area (Å²) in [6.07, 6.45) is 0. The van der Waals surface area contributed by atoms with Gasteiger partial charge in [0.1, 0.15) is 5.15 Å². The zero-order valence-electron chi connectivity index (χ0n) is 9.54. The van der Waals surface area contributed by atoms with E-state index >= 15 is 0 Å². The maximum Gasteiger partial charge on any atom is 0.131 e. The van der Waals surface area contributed by atoms with Crippen LogP contribution in [0.4, 0.5) is 5.69 Å². The second-order valence-corrected chi connectivity index (χ2v) is 4.90. The van der Waals surface area contributed by atoms with Crippen LogP contribution in [-0.2, 0) is 13.6 Å². The van der Waals surface area contributed by atoms with Gasteiger partial charge in [-0.2, -0.15) is 5.10 Å². The first-order valence-electron chi connectivity index (χ1n) is 5.04. The molecule has 0 atom stereocenters. The zero-order chi connectivity index (χ0) is 11.7. The number of aromatic nitrogens is 2. The molecule has 2 aromatic rings. The fourth-order valence-corrected chi connectivity index (χ4v) is 2.65. The molecule has 2 aromatic heterocycles. The molecule has 16 heavy (non-hydrogen) atoms. The lowest BCUT2D eigenvalue weighted by Gasteiger charge is -2.05. The number of hydrogen-bond acceptors (Lipinski definition) is 3.